The van der Waals surface area contributed by atoms with Gasteiger partial charge in [-0.1, -0.05) is 12.5 Å². The molecule has 0 spiro atoms. The molecule has 1 N–H and O–H groups in total. The number of esters is 1. The molecule has 0 aromatic heterocycles. The molecule has 0 aromatic rings. The van der Waals surface area contributed by atoms with Crippen LogP contribution in [0.1, 0.15) is 58.8 Å². The second-order valence-electron chi connectivity index (χ2n) is 8.67. The Morgan fingerprint density at radius 3 is 2.79 bits per heavy atom. The molecule has 3 fully saturated rings. The maximum Gasteiger partial charge on any atom is 0.302 e. The molecular weight excluding hydrogens is 304 g/mol. The van der Waals surface area contributed by atoms with Crippen molar-refractivity contribution in [3.63, 3.8) is 0 Å². The van der Waals surface area contributed by atoms with Crippen LogP contribution in [-0.4, -0.2) is 29.1 Å². The highest BCUT2D eigenvalue weighted by Crippen LogP contribution is 2.62. The van der Waals surface area contributed by atoms with Crippen molar-refractivity contribution >= 4 is 11.8 Å². The highest BCUT2D eigenvalue weighted by atomic mass is 16.5. The summed E-state index contributed by atoms with van der Waals surface area (Å²) in [5, 5.41) is 10.0. The van der Waals surface area contributed by atoms with Gasteiger partial charge in [-0.05, 0) is 74.7 Å². The lowest BCUT2D eigenvalue weighted by molar-refractivity contribution is -0.156. The molecule has 132 valence electrons. The van der Waals surface area contributed by atoms with E-state index in [-0.39, 0.29) is 23.3 Å². The molecular formula is C20H28O4. The molecule has 3 saturated carbocycles. The van der Waals surface area contributed by atoms with E-state index in [4.69, 9.17) is 4.74 Å². The molecule has 24 heavy (non-hydrogen) atoms. The molecule has 0 unspecified atom stereocenters. The van der Waals surface area contributed by atoms with Crippen LogP contribution in [0.25, 0.3) is 0 Å². The monoisotopic (exact) mass is 332 g/mol. The molecule has 0 saturated heterocycles. The van der Waals surface area contributed by atoms with Gasteiger partial charge in [0.15, 0.2) is 5.78 Å². The Bertz CT molecular complexity index is 594. The molecule has 0 bridgehead atoms. The van der Waals surface area contributed by atoms with Crippen molar-refractivity contribution in [1.29, 1.82) is 0 Å². The number of rotatable bonds is 1. The zero-order valence-electron chi connectivity index (χ0n) is 14.7. The van der Waals surface area contributed by atoms with E-state index in [2.05, 4.69) is 6.92 Å². The normalized spacial score (nSPS) is 47.3. The fourth-order valence-corrected chi connectivity index (χ4v) is 6.51. The van der Waals surface area contributed by atoms with Gasteiger partial charge in [0.2, 0.25) is 0 Å². The largest absolute Gasteiger partial charge is 0.462 e. The minimum absolute atomic E-state index is 0.0661. The lowest BCUT2D eigenvalue weighted by atomic mass is 9.52. The van der Waals surface area contributed by atoms with Gasteiger partial charge in [0.1, 0.15) is 12.2 Å². The lowest BCUT2D eigenvalue weighted by Gasteiger charge is -2.53. The maximum atomic E-state index is 11.8. The average Bonchev–Trinajstić information content (AvgIpc) is 2.85. The number of allylic oxidation sites excluding steroid dienone is 1. The molecule has 7 atom stereocenters. The third kappa shape index (κ3) is 2.37. The molecule has 4 nitrogen and oxygen atoms in total. The molecule has 0 aliphatic heterocycles. The molecule has 0 amide bonds. The van der Waals surface area contributed by atoms with Gasteiger partial charge in [-0.15, -0.1) is 0 Å². The van der Waals surface area contributed by atoms with Gasteiger partial charge in [-0.2, -0.15) is 0 Å². The Hall–Kier alpha value is -1.16. The standard InChI is InChI=1S/C20H28O4/c1-11(21)24-19-6-5-16-14-4-3-12-9-17(22)18(23)10-15(12)13(14)7-8-20(16,19)2/h9,13-16,18-19,23H,3-8,10H2,1-2H3/t13-,14+,15-,16+,18+,19+,20+/m0/s1. The molecule has 0 heterocycles. The molecule has 0 radical (unpaired) electrons. The first-order valence-corrected chi connectivity index (χ1v) is 9.49. The van der Waals surface area contributed by atoms with Crippen LogP contribution in [0.3, 0.4) is 0 Å². The van der Waals surface area contributed by atoms with E-state index in [0.29, 0.717) is 30.1 Å². The fourth-order valence-electron chi connectivity index (χ4n) is 6.51. The van der Waals surface area contributed by atoms with Crippen molar-refractivity contribution in [3.8, 4) is 0 Å². The van der Waals surface area contributed by atoms with Gasteiger partial charge in [0, 0.05) is 12.3 Å². The van der Waals surface area contributed by atoms with Crippen LogP contribution in [0.2, 0.25) is 0 Å². The molecule has 4 heteroatoms. The van der Waals surface area contributed by atoms with E-state index >= 15 is 0 Å². The predicted octanol–water partition coefficient (Wildman–Crippen LogP) is 3.03. The highest BCUT2D eigenvalue weighted by molar-refractivity contribution is 5.95. The number of ketones is 1. The van der Waals surface area contributed by atoms with Gasteiger partial charge in [-0.25, -0.2) is 0 Å². The van der Waals surface area contributed by atoms with Crippen molar-refractivity contribution < 1.29 is 19.4 Å². The van der Waals surface area contributed by atoms with E-state index in [1.54, 1.807) is 6.08 Å². The van der Waals surface area contributed by atoms with Crippen LogP contribution in [-0.2, 0) is 14.3 Å². The minimum atomic E-state index is -0.803. The molecule has 0 aromatic carbocycles. The van der Waals surface area contributed by atoms with Crippen LogP contribution in [0.15, 0.2) is 11.6 Å². The first-order valence-electron chi connectivity index (χ1n) is 9.49. The summed E-state index contributed by atoms with van der Waals surface area (Å²) in [6.45, 7) is 3.83. The Kier molecular flexibility index (Phi) is 3.87. The van der Waals surface area contributed by atoms with Crippen LogP contribution >= 0.6 is 0 Å². The number of carbonyl (C=O) groups excluding carboxylic acids is 2. The number of hydrogen-bond donors (Lipinski definition) is 1. The third-order valence-corrected chi connectivity index (χ3v) is 7.61. The summed E-state index contributed by atoms with van der Waals surface area (Å²) in [5.74, 6) is 1.96. The van der Waals surface area contributed by atoms with E-state index in [9.17, 15) is 14.7 Å². The van der Waals surface area contributed by atoms with E-state index in [1.165, 1.54) is 12.5 Å². The SMILES string of the molecule is CC(=O)O[C@@H]1CC[C@@H]2[C@@H]3CCC4=CC(=O)[C@H](O)C[C@@H]4[C@H]3CC[C@]21C. The summed E-state index contributed by atoms with van der Waals surface area (Å²) in [5.41, 5.74) is 1.39. The number of aliphatic hydroxyl groups is 1. The van der Waals surface area contributed by atoms with Crippen molar-refractivity contribution in [2.75, 3.05) is 0 Å². The van der Waals surface area contributed by atoms with Gasteiger partial charge in [0.25, 0.3) is 0 Å². The average molecular weight is 332 g/mol. The van der Waals surface area contributed by atoms with Crippen LogP contribution in [0, 0.1) is 29.1 Å². The number of carbonyl (C=O) groups is 2. The Morgan fingerprint density at radius 1 is 1.25 bits per heavy atom. The zero-order chi connectivity index (χ0) is 17.1. The lowest BCUT2D eigenvalue weighted by Crippen LogP contribution is -2.49. The quantitative estimate of drug-likeness (QED) is 0.750. The van der Waals surface area contributed by atoms with Gasteiger partial charge in [-0.3, -0.25) is 9.59 Å². The van der Waals surface area contributed by atoms with Crippen LogP contribution < -0.4 is 0 Å². The minimum Gasteiger partial charge on any atom is -0.462 e. The van der Waals surface area contributed by atoms with E-state index in [1.807, 2.05) is 0 Å². The molecule has 4 aliphatic carbocycles. The number of hydrogen-bond acceptors (Lipinski definition) is 4. The maximum absolute atomic E-state index is 11.8. The summed E-state index contributed by atoms with van der Waals surface area (Å²) >= 11 is 0. The Labute approximate surface area is 143 Å². The van der Waals surface area contributed by atoms with Gasteiger partial charge < -0.3 is 9.84 Å². The summed E-state index contributed by atoms with van der Waals surface area (Å²) in [4.78, 5) is 23.3. The smallest absolute Gasteiger partial charge is 0.302 e. The summed E-state index contributed by atoms with van der Waals surface area (Å²) in [6.07, 6.45) is 8.09. The second kappa shape index (κ2) is 5.69. The van der Waals surface area contributed by atoms with Crippen LogP contribution in [0.5, 0.6) is 0 Å². The number of ether oxygens (including phenoxy) is 1. The van der Waals surface area contributed by atoms with Crippen molar-refractivity contribution in [1.82, 2.24) is 0 Å². The number of aliphatic hydroxyl groups excluding tert-OH is 1. The number of fused-ring (bicyclic) bond motifs is 5. The zero-order valence-corrected chi connectivity index (χ0v) is 14.7. The summed E-state index contributed by atoms with van der Waals surface area (Å²) in [6, 6.07) is 0. The topological polar surface area (TPSA) is 63.6 Å². The summed E-state index contributed by atoms with van der Waals surface area (Å²) < 4.78 is 5.67. The van der Waals surface area contributed by atoms with Crippen LogP contribution in [0.4, 0.5) is 0 Å². The van der Waals surface area contributed by atoms with E-state index < -0.39 is 6.10 Å². The Balaban J connectivity index is 1.58. The second-order valence-corrected chi connectivity index (χ2v) is 8.67. The van der Waals surface area contributed by atoms with Gasteiger partial charge >= 0.3 is 5.97 Å². The Morgan fingerprint density at radius 2 is 2.04 bits per heavy atom. The molecule has 4 aliphatic rings. The van der Waals surface area contributed by atoms with Crippen molar-refractivity contribution in [2.45, 2.75) is 71.0 Å². The fraction of sp³-hybridized carbons (Fsp3) is 0.800. The van der Waals surface area contributed by atoms with Gasteiger partial charge in [0.05, 0.1) is 0 Å². The summed E-state index contributed by atoms with van der Waals surface area (Å²) in [7, 11) is 0. The first kappa shape index (κ1) is 16.3. The van der Waals surface area contributed by atoms with Crippen molar-refractivity contribution in [3.05, 3.63) is 11.6 Å². The predicted molar refractivity (Wildman–Crippen MR) is 89.0 cm³/mol. The third-order valence-electron chi connectivity index (χ3n) is 7.61. The van der Waals surface area contributed by atoms with Crippen molar-refractivity contribution in [2.24, 2.45) is 29.1 Å². The first-order chi connectivity index (χ1) is 11.4. The van der Waals surface area contributed by atoms with E-state index in [0.717, 1.165) is 38.5 Å². The molecule has 4 rings (SSSR count). The highest BCUT2D eigenvalue weighted by Gasteiger charge is 2.57.